The lowest BCUT2D eigenvalue weighted by Gasteiger charge is -2.52. The second-order valence-electron chi connectivity index (χ2n) is 4.12. The topological polar surface area (TPSA) is 32.8 Å². The van der Waals surface area contributed by atoms with E-state index >= 15 is 0 Å². The van der Waals surface area contributed by atoms with Gasteiger partial charge >= 0.3 is 0 Å². The molecule has 2 atom stereocenters. The van der Waals surface area contributed by atoms with E-state index in [0.29, 0.717) is 18.6 Å². The number of fused-ring (bicyclic) bond motifs is 2. The summed E-state index contributed by atoms with van der Waals surface area (Å²) in [5.41, 5.74) is 0. The molecule has 0 spiro atoms. The molecule has 2 unspecified atom stereocenters. The normalized spacial score (nSPS) is 31.8. The van der Waals surface area contributed by atoms with Gasteiger partial charge in [-0.15, -0.1) is 0 Å². The molecule has 1 amide bonds. The van der Waals surface area contributed by atoms with Gasteiger partial charge < -0.3 is 14.5 Å². The zero-order valence-corrected chi connectivity index (χ0v) is 8.19. The Morgan fingerprint density at radius 3 is 2.54 bits per heavy atom. The maximum atomic E-state index is 11.7. The van der Waals surface area contributed by atoms with Gasteiger partial charge in [-0.25, -0.2) is 0 Å². The summed E-state index contributed by atoms with van der Waals surface area (Å²) in [7, 11) is 3.84. The predicted molar refractivity (Wildman–Crippen MR) is 48.4 cm³/mol. The van der Waals surface area contributed by atoms with Gasteiger partial charge in [-0.1, -0.05) is 0 Å². The van der Waals surface area contributed by atoms with Crippen LogP contribution in [0.3, 0.4) is 0 Å². The summed E-state index contributed by atoms with van der Waals surface area (Å²) in [5, 5.41) is 0. The lowest BCUT2D eigenvalue weighted by atomic mass is 9.91. The quantitative estimate of drug-likeness (QED) is 0.582. The number of hydrogen-bond acceptors (Lipinski definition) is 3. The van der Waals surface area contributed by atoms with Crippen molar-refractivity contribution < 1.29 is 9.53 Å². The number of amides is 1. The molecule has 0 aromatic rings. The van der Waals surface area contributed by atoms with Crippen LogP contribution in [0, 0.1) is 0 Å². The lowest BCUT2D eigenvalue weighted by Crippen LogP contribution is -2.66. The molecular formula is C9H16N2O2. The molecule has 3 aliphatic rings. The smallest absolute Gasteiger partial charge is 0.237 e. The Balaban J connectivity index is 1.91. The molecule has 0 aliphatic carbocycles. The summed E-state index contributed by atoms with van der Waals surface area (Å²) in [4.78, 5) is 15.6. The van der Waals surface area contributed by atoms with Crippen LogP contribution in [0.2, 0.25) is 0 Å². The van der Waals surface area contributed by atoms with Gasteiger partial charge in [-0.3, -0.25) is 4.79 Å². The number of nitrogens with zero attached hydrogens (tertiary/aromatic N) is 2. The van der Waals surface area contributed by atoms with Crippen LogP contribution >= 0.6 is 0 Å². The molecule has 0 aromatic carbocycles. The van der Waals surface area contributed by atoms with Crippen molar-refractivity contribution in [2.45, 2.75) is 18.5 Å². The van der Waals surface area contributed by atoms with Crippen LogP contribution in [0.5, 0.6) is 0 Å². The number of carbonyl (C=O) groups excluding carboxylic acids is 1. The van der Waals surface area contributed by atoms with Crippen molar-refractivity contribution in [1.29, 1.82) is 0 Å². The number of morpholine rings is 1. The molecule has 13 heavy (non-hydrogen) atoms. The minimum Gasteiger partial charge on any atom is -0.377 e. The Kier molecular flexibility index (Phi) is 2.26. The van der Waals surface area contributed by atoms with Gasteiger partial charge in [0.15, 0.2) is 0 Å². The molecule has 0 aromatic heterocycles. The standard InChI is InChI=1S/C9H16N2O2/c1-10(2)4-9(12)11-7-3-8(11)6-13-5-7/h7-8H,3-6H2,1-2H3. The molecule has 0 saturated carbocycles. The first kappa shape index (κ1) is 8.97. The molecule has 4 nitrogen and oxygen atoms in total. The van der Waals surface area contributed by atoms with Crippen LogP contribution in [0.25, 0.3) is 0 Å². The molecule has 3 fully saturated rings. The summed E-state index contributed by atoms with van der Waals surface area (Å²) in [6.07, 6.45) is 1.14. The van der Waals surface area contributed by atoms with E-state index in [4.69, 9.17) is 4.74 Å². The Hall–Kier alpha value is -0.610. The second kappa shape index (κ2) is 3.27. The van der Waals surface area contributed by atoms with E-state index in [1.165, 1.54) is 0 Å². The number of hydrogen-bond donors (Lipinski definition) is 0. The predicted octanol–water partition coefficient (Wildman–Crippen LogP) is -0.452. The highest BCUT2D eigenvalue weighted by Crippen LogP contribution is 2.30. The maximum absolute atomic E-state index is 11.7. The largest absolute Gasteiger partial charge is 0.377 e. The van der Waals surface area contributed by atoms with Crippen LogP contribution in [0.4, 0.5) is 0 Å². The van der Waals surface area contributed by atoms with E-state index in [0.717, 1.165) is 19.6 Å². The maximum Gasteiger partial charge on any atom is 0.237 e. The third-order valence-electron chi connectivity index (χ3n) is 2.69. The van der Waals surface area contributed by atoms with Crippen molar-refractivity contribution in [3.05, 3.63) is 0 Å². The molecule has 3 rings (SSSR count). The monoisotopic (exact) mass is 184 g/mol. The summed E-state index contributed by atoms with van der Waals surface area (Å²) in [6.45, 7) is 1.98. The molecule has 3 aliphatic heterocycles. The first-order chi connectivity index (χ1) is 6.18. The lowest BCUT2D eigenvalue weighted by molar-refractivity contribution is -0.167. The summed E-state index contributed by atoms with van der Waals surface area (Å²) in [6, 6.07) is 0.734. The third-order valence-corrected chi connectivity index (χ3v) is 2.69. The first-order valence-electron chi connectivity index (χ1n) is 4.72. The highest BCUT2D eigenvalue weighted by molar-refractivity contribution is 5.80. The van der Waals surface area contributed by atoms with Crippen LogP contribution in [-0.2, 0) is 9.53 Å². The number of carbonyl (C=O) groups is 1. The third kappa shape index (κ3) is 1.56. The van der Waals surface area contributed by atoms with Gasteiger partial charge in [0.2, 0.25) is 5.91 Å². The van der Waals surface area contributed by atoms with E-state index in [1.807, 2.05) is 23.9 Å². The number of likely N-dealkylation sites (N-methyl/N-ethyl adjacent to an activating group) is 1. The van der Waals surface area contributed by atoms with Crippen molar-refractivity contribution in [2.24, 2.45) is 0 Å². The second-order valence-corrected chi connectivity index (χ2v) is 4.12. The van der Waals surface area contributed by atoms with Crippen molar-refractivity contribution in [3.63, 3.8) is 0 Å². The van der Waals surface area contributed by atoms with Gasteiger partial charge in [0.1, 0.15) is 0 Å². The zero-order valence-electron chi connectivity index (χ0n) is 8.19. The first-order valence-corrected chi connectivity index (χ1v) is 4.72. The van der Waals surface area contributed by atoms with Gasteiger partial charge in [-0.2, -0.15) is 0 Å². The fraction of sp³-hybridized carbons (Fsp3) is 0.889. The van der Waals surface area contributed by atoms with Crippen LogP contribution in [-0.4, -0.2) is 61.6 Å². The molecule has 3 saturated heterocycles. The molecule has 2 bridgehead atoms. The van der Waals surface area contributed by atoms with Gasteiger partial charge in [0.05, 0.1) is 31.8 Å². The fourth-order valence-electron chi connectivity index (χ4n) is 2.10. The minimum atomic E-state index is 0.245. The average molecular weight is 184 g/mol. The van der Waals surface area contributed by atoms with Crippen molar-refractivity contribution >= 4 is 5.91 Å². The SMILES string of the molecule is CN(C)CC(=O)N1C2COCC1C2. The number of rotatable bonds is 2. The van der Waals surface area contributed by atoms with Crippen LogP contribution in [0.15, 0.2) is 0 Å². The molecule has 0 radical (unpaired) electrons. The summed E-state index contributed by atoms with van der Waals surface area (Å²) >= 11 is 0. The zero-order chi connectivity index (χ0) is 9.42. The summed E-state index contributed by atoms with van der Waals surface area (Å²) < 4.78 is 5.31. The van der Waals surface area contributed by atoms with Gasteiger partial charge in [0.25, 0.3) is 0 Å². The molecular weight excluding hydrogens is 168 g/mol. The van der Waals surface area contributed by atoms with Gasteiger partial charge in [-0.05, 0) is 20.5 Å². The van der Waals surface area contributed by atoms with E-state index in [1.54, 1.807) is 0 Å². The molecule has 0 N–H and O–H groups in total. The molecule has 4 heteroatoms. The highest BCUT2D eigenvalue weighted by atomic mass is 16.5. The van der Waals surface area contributed by atoms with Crippen molar-refractivity contribution in [1.82, 2.24) is 9.80 Å². The van der Waals surface area contributed by atoms with Gasteiger partial charge in [0, 0.05) is 0 Å². The number of ether oxygens (including phenoxy) is 1. The van der Waals surface area contributed by atoms with Crippen LogP contribution in [0.1, 0.15) is 6.42 Å². The van der Waals surface area contributed by atoms with Crippen molar-refractivity contribution in [2.75, 3.05) is 33.9 Å². The Morgan fingerprint density at radius 1 is 1.46 bits per heavy atom. The molecule has 74 valence electrons. The van der Waals surface area contributed by atoms with E-state index in [9.17, 15) is 4.79 Å². The Bertz CT molecular complexity index is 204. The average Bonchev–Trinajstić information content (AvgIpc) is 2.03. The summed E-state index contributed by atoms with van der Waals surface area (Å²) in [5.74, 6) is 0.245. The minimum absolute atomic E-state index is 0.245. The highest BCUT2D eigenvalue weighted by Gasteiger charge is 2.44. The Morgan fingerprint density at radius 2 is 2.08 bits per heavy atom. The van der Waals surface area contributed by atoms with Crippen LogP contribution < -0.4 is 0 Å². The Labute approximate surface area is 78.4 Å². The molecule has 3 heterocycles. The van der Waals surface area contributed by atoms with E-state index in [2.05, 4.69) is 0 Å². The van der Waals surface area contributed by atoms with E-state index < -0.39 is 0 Å². The van der Waals surface area contributed by atoms with E-state index in [-0.39, 0.29) is 5.91 Å². The van der Waals surface area contributed by atoms with Crippen molar-refractivity contribution in [3.8, 4) is 0 Å². The fourth-order valence-corrected chi connectivity index (χ4v) is 2.10.